The molecule has 1 saturated heterocycles. The first kappa shape index (κ1) is 17.1. The number of rotatable bonds is 6. The van der Waals surface area contributed by atoms with Gasteiger partial charge in [-0.15, -0.1) is 0 Å². The number of hydrogen-bond donors (Lipinski definition) is 3. The standard InChI is InChI=1S/C10H19N2O7P/c1-6(2)18-10(15)7(3)11-20(16,17)19-12-8(13)4-5-9(12)14/h6-8,13H,4-5H2,1-3H3,(H2,11,16,17)/t7-,8?/m0/s1. The Labute approximate surface area is 116 Å². The summed E-state index contributed by atoms with van der Waals surface area (Å²) >= 11 is 0. The van der Waals surface area contributed by atoms with Gasteiger partial charge in [-0.3, -0.25) is 9.59 Å². The minimum absolute atomic E-state index is 0.0200. The van der Waals surface area contributed by atoms with Gasteiger partial charge in [-0.1, -0.05) is 0 Å². The van der Waals surface area contributed by atoms with Crippen molar-refractivity contribution in [2.45, 2.75) is 52.0 Å². The van der Waals surface area contributed by atoms with E-state index >= 15 is 0 Å². The summed E-state index contributed by atoms with van der Waals surface area (Å²) in [6, 6.07) is -1.11. The normalized spacial score (nSPS) is 23.8. The van der Waals surface area contributed by atoms with Crippen LogP contribution in [0.15, 0.2) is 0 Å². The van der Waals surface area contributed by atoms with Crippen LogP contribution in [0.1, 0.15) is 33.6 Å². The van der Waals surface area contributed by atoms with Gasteiger partial charge in [-0.2, -0.15) is 9.69 Å². The molecule has 1 fully saturated rings. The maximum Gasteiger partial charge on any atom is 0.425 e. The molecule has 1 amide bonds. The van der Waals surface area contributed by atoms with Gasteiger partial charge in [0.25, 0.3) is 0 Å². The third-order valence-electron chi connectivity index (χ3n) is 2.39. The molecule has 10 heteroatoms. The van der Waals surface area contributed by atoms with Gasteiger partial charge >= 0.3 is 13.7 Å². The summed E-state index contributed by atoms with van der Waals surface area (Å²) in [5.41, 5.74) is 0. The van der Waals surface area contributed by atoms with Crippen molar-refractivity contribution in [2.75, 3.05) is 0 Å². The lowest BCUT2D eigenvalue weighted by Gasteiger charge is -2.24. The highest BCUT2D eigenvalue weighted by atomic mass is 31.2. The molecule has 1 aliphatic heterocycles. The summed E-state index contributed by atoms with van der Waals surface area (Å²) in [6.45, 7) is 4.59. The zero-order valence-electron chi connectivity index (χ0n) is 11.5. The monoisotopic (exact) mass is 310 g/mol. The second-order valence-electron chi connectivity index (χ2n) is 4.68. The van der Waals surface area contributed by atoms with Gasteiger partial charge in [-0.05, 0) is 20.8 Å². The minimum Gasteiger partial charge on any atom is -0.462 e. The van der Waals surface area contributed by atoms with E-state index in [0.717, 1.165) is 0 Å². The highest BCUT2D eigenvalue weighted by Gasteiger charge is 2.38. The molecular formula is C10H19N2O7P. The first-order valence-electron chi connectivity index (χ1n) is 6.13. The molecular weight excluding hydrogens is 291 g/mol. The molecule has 3 atom stereocenters. The second kappa shape index (κ2) is 6.64. The van der Waals surface area contributed by atoms with Crippen molar-refractivity contribution in [3.8, 4) is 0 Å². The molecule has 116 valence electrons. The van der Waals surface area contributed by atoms with Gasteiger partial charge in [-0.25, -0.2) is 9.65 Å². The van der Waals surface area contributed by atoms with Crippen LogP contribution in [0.2, 0.25) is 0 Å². The Morgan fingerprint density at radius 1 is 1.50 bits per heavy atom. The Hall–Kier alpha value is -0.990. The fourth-order valence-electron chi connectivity index (χ4n) is 1.52. The van der Waals surface area contributed by atoms with Crippen LogP contribution in [0.4, 0.5) is 0 Å². The largest absolute Gasteiger partial charge is 0.462 e. The van der Waals surface area contributed by atoms with Gasteiger partial charge in [0, 0.05) is 12.8 Å². The maximum absolute atomic E-state index is 11.8. The number of nitrogens with one attached hydrogen (secondary N) is 1. The molecule has 0 spiro atoms. The van der Waals surface area contributed by atoms with Gasteiger partial charge in [0.05, 0.1) is 6.10 Å². The Kier molecular flexibility index (Phi) is 5.67. The molecule has 0 bridgehead atoms. The average Bonchev–Trinajstić information content (AvgIpc) is 2.58. The minimum atomic E-state index is -4.48. The van der Waals surface area contributed by atoms with E-state index in [2.05, 4.69) is 4.62 Å². The van der Waals surface area contributed by atoms with Crippen molar-refractivity contribution < 1.29 is 33.5 Å². The summed E-state index contributed by atoms with van der Waals surface area (Å²) in [5.74, 6) is -1.34. The van der Waals surface area contributed by atoms with Gasteiger partial charge in [0.1, 0.15) is 6.04 Å². The van der Waals surface area contributed by atoms with Crippen molar-refractivity contribution in [3.05, 3.63) is 0 Å². The van der Waals surface area contributed by atoms with Crippen molar-refractivity contribution in [1.29, 1.82) is 0 Å². The Morgan fingerprint density at radius 3 is 2.55 bits per heavy atom. The van der Waals surface area contributed by atoms with Crippen LogP contribution in [0.25, 0.3) is 0 Å². The Morgan fingerprint density at radius 2 is 2.10 bits per heavy atom. The van der Waals surface area contributed by atoms with Gasteiger partial charge < -0.3 is 14.7 Å². The molecule has 20 heavy (non-hydrogen) atoms. The predicted octanol–water partition coefficient (Wildman–Crippen LogP) is -0.111. The van der Waals surface area contributed by atoms with Crippen LogP contribution in [-0.4, -0.2) is 45.3 Å². The first-order valence-corrected chi connectivity index (χ1v) is 7.71. The second-order valence-corrected chi connectivity index (χ2v) is 6.14. The van der Waals surface area contributed by atoms with Crippen LogP contribution in [0, 0.1) is 0 Å². The van der Waals surface area contributed by atoms with Crippen LogP contribution in [0.5, 0.6) is 0 Å². The number of amides is 1. The lowest BCUT2D eigenvalue weighted by molar-refractivity contribution is -0.180. The SMILES string of the molecule is CC(C)OC(=O)[C@H](C)NP(=O)(O)ON1C(=O)CCC1O. The van der Waals surface area contributed by atoms with Crippen LogP contribution >= 0.6 is 7.75 Å². The van der Waals surface area contributed by atoms with E-state index in [1.807, 2.05) is 5.09 Å². The van der Waals surface area contributed by atoms with E-state index in [1.165, 1.54) is 6.92 Å². The average molecular weight is 310 g/mol. The van der Waals surface area contributed by atoms with E-state index in [0.29, 0.717) is 5.06 Å². The molecule has 1 aliphatic rings. The molecule has 0 aromatic heterocycles. The summed E-state index contributed by atoms with van der Waals surface area (Å²) < 4.78 is 21.2. The van der Waals surface area contributed by atoms with E-state index < -0.39 is 31.9 Å². The summed E-state index contributed by atoms with van der Waals surface area (Å²) in [5, 5.41) is 11.9. The molecule has 3 N–H and O–H groups in total. The quantitative estimate of drug-likeness (QED) is 0.458. The zero-order chi connectivity index (χ0) is 15.5. The summed E-state index contributed by atoms with van der Waals surface area (Å²) in [4.78, 5) is 32.4. The third-order valence-corrected chi connectivity index (χ3v) is 3.50. The number of carbonyl (C=O) groups is 2. The number of carbonyl (C=O) groups excluding carboxylic acids is 2. The number of aliphatic hydroxyl groups is 1. The van der Waals surface area contributed by atoms with Gasteiger partial charge in [0.2, 0.25) is 5.91 Å². The first-order chi connectivity index (χ1) is 9.12. The van der Waals surface area contributed by atoms with Crippen molar-refractivity contribution >= 4 is 19.6 Å². The number of hydrogen-bond acceptors (Lipinski definition) is 6. The van der Waals surface area contributed by atoms with E-state index in [4.69, 9.17) is 4.74 Å². The molecule has 0 aliphatic carbocycles. The molecule has 2 unspecified atom stereocenters. The zero-order valence-corrected chi connectivity index (χ0v) is 12.4. The highest BCUT2D eigenvalue weighted by molar-refractivity contribution is 7.50. The maximum atomic E-state index is 11.8. The van der Waals surface area contributed by atoms with Crippen LogP contribution in [0.3, 0.4) is 0 Å². The predicted molar refractivity (Wildman–Crippen MR) is 66.8 cm³/mol. The lowest BCUT2D eigenvalue weighted by Crippen LogP contribution is -2.38. The number of nitrogens with zero attached hydrogens (tertiary/aromatic N) is 1. The van der Waals surface area contributed by atoms with Crippen LogP contribution in [-0.2, 0) is 23.5 Å². The molecule has 0 radical (unpaired) electrons. The lowest BCUT2D eigenvalue weighted by atomic mass is 10.4. The molecule has 1 rings (SSSR count). The molecule has 0 saturated carbocycles. The van der Waals surface area contributed by atoms with Crippen molar-refractivity contribution in [1.82, 2.24) is 10.2 Å². The number of esters is 1. The fourth-order valence-corrected chi connectivity index (χ4v) is 2.60. The summed E-state index contributed by atoms with van der Waals surface area (Å²) in [6.07, 6.45) is -1.51. The number of aliphatic hydroxyl groups excluding tert-OH is 1. The Balaban J connectivity index is 2.58. The van der Waals surface area contributed by atoms with E-state index in [9.17, 15) is 24.2 Å². The van der Waals surface area contributed by atoms with Crippen LogP contribution < -0.4 is 5.09 Å². The number of ether oxygens (including phenoxy) is 1. The molecule has 0 aromatic carbocycles. The number of hydroxylamine groups is 2. The van der Waals surface area contributed by atoms with E-state index in [-0.39, 0.29) is 18.9 Å². The highest BCUT2D eigenvalue weighted by Crippen LogP contribution is 2.41. The molecule has 1 heterocycles. The van der Waals surface area contributed by atoms with Crippen molar-refractivity contribution in [2.24, 2.45) is 0 Å². The summed E-state index contributed by atoms with van der Waals surface area (Å²) in [7, 11) is -4.48. The molecule has 9 nitrogen and oxygen atoms in total. The Bertz CT molecular complexity index is 428. The smallest absolute Gasteiger partial charge is 0.425 e. The van der Waals surface area contributed by atoms with Crippen molar-refractivity contribution in [3.63, 3.8) is 0 Å². The topological polar surface area (TPSA) is 125 Å². The van der Waals surface area contributed by atoms with Gasteiger partial charge in [0.15, 0.2) is 6.23 Å². The third kappa shape index (κ3) is 4.84. The fraction of sp³-hybridized carbons (Fsp3) is 0.800. The van der Waals surface area contributed by atoms with E-state index in [1.54, 1.807) is 13.8 Å². The molecule has 0 aromatic rings.